The van der Waals surface area contributed by atoms with E-state index in [1.54, 1.807) is 36.5 Å². The molecule has 0 saturated carbocycles. The average Bonchev–Trinajstić information content (AvgIpc) is 3.16. The number of benzene rings is 1. The lowest BCUT2D eigenvalue weighted by Gasteiger charge is -2.27. The molecular formula is C23H25N5O3S. The first-order valence-electron chi connectivity index (χ1n) is 10.7. The molecular weight excluding hydrogens is 426 g/mol. The molecule has 1 aromatic heterocycles. The van der Waals surface area contributed by atoms with Crippen molar-refractivity contribution in [3.63, 3.8) is 0 Å². The first-order chi connectivity index (χ1) is 15.5. The molecule has 0 bridgehead atoms. The van der Waals surface area contributed by atoms with E-state index < -0.39 is 5.25 Å². The number of aromatic nitrogens is 1. The molecule has 2 aliphatic rings. The quantitative estimate of drug-likeness (QED) is 0.722. The van der Waals surface area contributed by atoms with E-state index in [1.807, 2.05) is 13.0 Å². The predicted octanol–water partition coefficient (Wildman–Crippen LogP) is 3.45. The highest BCUT2D eigenvalue weighted by molar-refractivity contribution is 8.15. The van der Waals surface area contributed by atoms with Crippen molar-refractivity contribution in [3.05, 3.63) is 53.7 Å². The summed E-state index contributed by atoms with van der Waals surface area (Å²) in [5.74, 6) is -0.414. The number of aliphatic imine (C=N–C) groups is 1. The van der Waals surface area contributed by atoms with Crippen LogP contribution in [0.4, 0.5) is 11.5 Å². The zero-order valence-electron chi connectivity index (χ0n) is 17.8. The molecule has 0 radical (unpaired) electrons. The second-order valence-corrected chi connectivity index (χ2v) is 9.06. The van der Waals surface area contributed by atoms with Gasteiger partial charge in [-0.3, -0.25) is 14.4 Å². The molecule has 9 heteroatoms. The van der Waals surface area contributed by atoms with Gasteiger partial charge in [0.2, 0.25) is 5.91 Å². The number of hydrogen-bond acceptors (Lipinski definition) is 6. The fraction of sp³-hybridized carbons (Fsp3) is 0.348. The third-order valence-corrected chi connectivity index (χ3v) is 6.50. The number of anilines is 2. The Kier molecular flexibility index (Phi) is 6.84. The highest BCUT2D eigenvalue weighted by Gasteiger charge is 2.33. The van der Waals surface area contributed by atoms with Crippen molar-refractivity contribution in [1.29, 1.82) is 0 Å². The Morgan fingerprint density at radius 3 is 2.69 bits per heavy atom. The van der Waals surface area contributed by atoms with Crippen molar-refractivity contribution in [2.45, 2.75) is 37.9 Å². The smallest absolute Gasteiger partial charge is 0.262 e. The molecule has 2 aromatic rings. The van der Waals surface area contributed by atoms with Gasteiger partial charge in [0.15, 0.2) is 5.17 Å². The Hall–Kier alpha value is -3.20. The molecule has 1 atom stereocenters. The first kappa shape index (κ1) is 22.0. The van der Waals surface area contributed by atoms with Crippen molar-refractivity contribution in [2.75, 3.05) is 23.7 Å². The third-order valence-electron chi connectivity index (χ3n) is 5.29. The van der Waals surface area contributed by atoms with Crippen molar-refractivity contribution < 1.29 is 14.4 Å². The summed E-state index contributed by atoms with van der Waals surface area (Å²) in [6.07, 6.45) is 5.11. The number of carbonyl (C=O) groups is 3. The van der Waals surface area contributed by atoms with Crippen molar-refractivity contribution in [1.82, 2.24) is 9.88 Å². The number of carbonyl (C=O) groups excluding carboxylic acids is 3. The molecule has 1 fully saturated rings. The summed E-state index contributed by atoms with van der Waals surface area (Å²) >= 11 is 1.37. The number of nitrogens with one attached hydrogen (secondary N) is 2. The van der Waals surface area contributed by atoms with Crippen LogP contribution in [0, 0.1) is 6.92 Å². The minimum absolute atomic E-state index is 0.0358. The van der Waals surface area contributed by atoms with Crippen LogP contribution in [-0.4, -0.2) is 51.1 Å². The monoisotopic (exact) mass is 451 g/mol. The zero-order valence-corrected chi connectivity index (χ0v) is 18.7. The van der Waals surface area contributed by atoms with E-state index in [4.69, 9.17) is 0 Å². The van der Waals surface area contributed by atoms with Crippen LogP contribution in [0.1, 0.15) is 41.6 Å². The van der Waals surface area contributed by atoms with Crippen LogP contribution in [0.15, 0.2) is 47.6 Å². The lowest BCUT2D eigenvalue weighted by atomic mass is 10.1. The van der Waals surface area contributed by atoms with Crippen LogP contribution in [0.5, 0.6) is 0 Å². The number of piperidine rings is 1. The highest BCUT2D eigenvalue weighted by atomic mass is 32.2. The van der Waals surface area contributed by atoms with E-state index in [-0.39, 0.29) is 24.1 Å². The molecule has 3 heterocycles. The maximum Gasteiger partial charge on any atom is 0.262 e. The van der Waals surface area contributed by atoms with E-state index in [2.05, 4.69) is 25.5 Å². The number of likely N-dealkylation sites (tertiary alicyclic amines) is 1. The SMILES string of the molecule is Cc1ccc(NC(=O)c2cccc(NC(=O)C[C@@H]3SC(N4CCCCC4)=NC3=O)c2)nc1. The van der Waals surface area contributed by atoms with Crippen LogP contribution in [0.2, 0.25) is 0 Å². The fourth-order valence-electron chi connectivity index (χ4n) is 3.58. The number of nitrogens with zero attached hydrogens (tertiary/aromatic N) is 3. The normalized spacial score (nSPS) is 18.3. The number of amides is 3. The van der Waals surface area contributed by atoms with E-state index >= 15 is 0 Å². The summed E-state index contributed by atoms with van der Waals surface area (Å²) in [5, 5.41) is 5.75. The summed E-state index contributed by atoms with van der Waals surface area (Å²) in [5.41, 5.74) is 1.89. The summed E-state index contributed by atoms with van der Waals surface area (Å²) in [6.45, 7) is 3.74. The Morgan fingerprint density at radius 2 is 1.94 bits per heavy atom. The topological polar surface area (TPSA) is 104 Å². The maximum atomic E-state index is 12.5. The Labute approximate surface area is 190 Å². The Balaban J connectivity index is 1.32. The molecule has 166 valence electrons. The Morgan fingerprint density at radius 1 is 1.12 bits per heavy atom. The van der Waals surface area contributed by atoms with Gasteiger partial charge in [-0.05, 0) is 56.0 Å². The van der Waals surface area contributed by atoms with E-state index in [0.717, 1.165) is 36.7 Å². The average molecular weight is 452 g/mol. The summed E-state index contributed by atoms with van der Waals surface area (Å²) in [4.78, 5) is 47.8. The summed E-state index contributed by atoms with van der Waals surface area (Å²) in [7, 11) is 0. The number of hydrogen-bond donors (Lipinski definition) is 2. The van der Waals surface area contributed by atoms with Gasteiger partial charge >= 0.3 is 0 Å². The maximum absolute atomic E-state index is 12.5. The molecule has 4 rings (SSSR count). The van der Waals surface area contributed by atoms with E-state index in [1.165, 1.54) is 18.2 Å². The Bertz CT molecular complexity index is 1050. The van der Waals surface area contributed by atoms with Crippen LogP contribution in [0.25, 0.3) is 0 Å². The van der Waals surface area contributed by atoms with Crippen molar-refractivity contribution in [2.24, 2.45) is 4.99 Å². The third kappa shape index (κ3) is 5.53. The summed E-state index contributed by atoms with van der Waals surface area (Å²) in [6, 6.07) is 10.3. The lowest BCUT2D eigenvalue weighted by Crippen LogP contribution is -2.33. The first-order valence-corrected chi connectivity index (χ1v) is 11.5. The lowest BCUT2D eigenvalue weighted by molar-refractivity contribution is -0.121. The van der Waals surface area contributed by atoms with E-state index in [9.17, 15) is 14.4 Å². The molecule has 2 N–H and O–H groups in total. The molecule has 8 nitrogen and oxygen atoms in total. The zero-order chi connectivity index (χ0) is 22.5. The number of pyridine rings is 1. The van der Waals surface area contributed by atoms with Crippen LogP contribution in [-0.2, 0) is 9.59 Å². The molecule has 1 aromatic carbocycles. The van der Waals surface area contributed by atoms with Crippen molar-refractivity contribution in [3.8, 4) is 0 Å². The molecule has 1 saturated heterocycles. The highest BCUT2D eigenvalue weighted by Crippen LogP contribution is 2.29. The minimum Gasteiger partial charge on any atom is -0.351 e. The molecule has 3 amide bonds. The largest absolute Gasteiger partial charge is 0.351 e. The van der Waals surface area contributed by atoms with Gasteiger partial charge in [-0.25, -0.2) is 4.98 Å². The van der Waals surface area contributed by atoms with Crippen LogP contribution < -0.4 is 10.6 Å². The van der Waals surface area contributed by atoms with E-state index in [0.29, 0.717) is 17.1 Å². The standard InChI is InChI=1S/C23H25N5O3S/c1-15-8-9-19(24-14-15)26-21(30)16-6-5-7-17(12-16)25-20(29)13-18-22(31)27-23(32-18)28-10-3-2-4-11-28/h5-9,12,14,18H,2-4,10-11,13H2,1H3,(H,25,29)(H,24,26,30)/t18-/m0/s1. The van der Waals surface area contributed by atoms with Gasteiger partial charge in [0.1, 0.15) is 11.1 Å². The number of aryl methyl sites for hydroxylation is 1. The van der Waals surface area contributed by atoms with Gasteiger partial charge in [0.05, 0.1) is 0 Å². The van der Waals surface area contributed by atoms with Gasteiger partial charge in [-0.1, -0.05) is 23.9 Å². The van der Waals surface area contributed by atoms with Crippen molar-refractivity contribution >= 4 is 46.2 Å². The van der Waals surface area contributed by atoms with Gasteiger partial charge in [0.25, 0.3) is 11.8 Å². The van der Waals surface area contributed by atoms with Gasteiger partial charge < -0.3 is 15.5 Å². The van der Waals surface area contributed by atoms with Gasteiger partial charge in [0, 0.05) is 37.0 Å². The second kappa shape index (κ2) is 9.95. The molecule has 0 unspecified atom stereocenters. The predicted molar refractivity (Wildman–Crippen MR) is 126 cm³/mol. The molecule has 0 aliphatic carbocycles. The number of amidine groups is 1. The number of thioether (sulfide) groups is 1. The fourth-order valence-corrected chi connectivity index (χ4v) is 4.70. The molecule has 0 spiro atoms. The minimum atomic E-state index is -0.508. The van der Waals surface area contributed by atoms with Gasteiger partial charge in [-0.15, -0.1) is 0 Å². The summed E-state index contributed by atoms with van der Waals surface area (Å²) < 4.78 is 0. The van der Waals surface area contributed by atoms with Crippen LogP contribution in [0.3, 0.4) is 0 Å². The second-order valence-electron chi connectivity index (χ2n) is 7.89. The molecule has 2 aliphatic heterocycles. The van der Waals surface area contributed by atoms with Crippen LogP contribution >= 0.6 is 11.8 Å². The molecule has 32 heavy (non-hydrogen) atoms. The number of rotatable bonds is 5. The van der Waals surface area contributed by atoms with Gasteiger partial charge in [-0.2, -0.15) is 4.99 Å².